The summed E-state index contributed by atoms with van der Waals surface area (Å²) < 4.78 is 2.02. The number of likely N-dealkylation sites (tertiary alicyclic amines) is 1. The summed E-state index contributed by atoms with van der Waals surface area (Å²) in [6.07, 6.45) is 6.09. The average Bonchev–Trinajstić information content (AvgIpc) is 2.97. The molecule has 23 heavy (non-hydrogen) atoms. The van der Waals surface area contributed by atoms with E-state index in [4.69, 9.17) is 0 Å². The molecular formula is C18H21N5. The Kier molecular flexibility index (Phi) is 3.79. The summed E-state index contributed by atoms with van der Waals surface area (Å²) in [5, 5.41) is 4.61. The third-order valence-electron chi connectivity index (χ3n) is 4.63. The molecule has 0 radical (unpaired) electrons. The molecule has 118 valence electrons. The number of aryl methyl sites for hydroxylation is 1. The van der Waals surface area contributed by atoms with Crippen molar-refractivity contribution in [3.05, 3.63) is 59.8 Å². The van der Waals surface area contributed by atoms with E-state index < -0.39 is 0 Å². The highest BCUT2D eigenvalue weighted by Crippen LogP contribution is 2.28. The molecule has 0 bridgehead atoms. The Balaban J connectivity index is 1.46. The molecule has 3 aromatic rings. The maximum atomic E-state index is 4.61. The lowest BCUT2D eigenvalue weighted by Gasteiger charge is -2.31. The van der Waals surface area contributed by atoms with Crippen LogP contribution < -0.4 is 0 Å². The number of pyridine rings is 1. The molecule has 0 unspecified atom stereocenters. The molecule has 5 heteroatoms. The van der Waals surface area contributed by atoms with E-state index in [1.165, 1.54) is 5.69 Å². The van der Waals surface area contributed by atoms with Gasteiger partial charge in [-0.05, 0) is 51.1 Å². The Morgan fingerprint density at radius 1 is 1.09 bits per heavy atom. The van der Waals surface area contributed by atoms with Gasteiger partial charge in [-0.15, -0.1) is 0 Å². The van der Waals surface area contributed by atoms with Gasteiger partial charge in [-0.3, -0.25) is 9.88 Å². The van der Waals surface area contributed by atoms with Crippen LogP contribution in [-0.2, 0) is 6.54 Å². The third-order valence-corrected chi connectivity index (χ3v) is 4.63. The summed E-state index contributed by atoms with van der Waals surface area (Å²) >= 11 is 0. The van der Waals surface area contributed by atoms with Crippen molar-refractivity contribution in [1.29, 1.82) is 0 Å². The van der Waals surface area contributed by atoms with Crippen LogP contribution in [0.15, 0.2) is 42.7 Å². The molecule has 1 saturated heterocycles. The van der Waals surface area contributed by atoms with Crippen molar-refractivity contribution in [2.24, 2.45) is 0 Å². The molecule has 4 heterocycles. The van der Waals surface area contributed by atoms with Gasteiger partial charge in [-0.25, -0.2) is 9.50 Å². The second-order valence-electron chi connectivity index (χ2n) is 6.30. The molecule has 4 rings (SSSR count). The summed E-state index contributed by atoms with van der Waals surface area (Å²) in [6.45, 7) is 5.17. The highest BCUT2D eigenvalue weighted by molar-refractivity contribution is 5.40. The maximum Gasteiger partial charge on any atom is 0.155 e. The molecule has 0 atom stereocenters. The fourth-order valence-corrected chi connectivity index (χ4v) is 3.44. The third kappa shape index (κ3) is 2.97. The molecule has 3 aromatic heterocycles. The van der Waals surface area contributed by atoms with Crippen molar-refractivity contribution < 1.29 is 0 Å². The Morgan fingerprint density at radius 2 is 1.96 bits per heavy atom. The minimum Gasteiger partial charge on any atom is -0.297 e. The standard InChI is InChI=1S/C18H21N5/c1-14-12-18-20-9-5-17(23(18)21-14)15-6-10-22(11-7-15)13-16-4-2-3-8-19-16/h2-5,8-9,12,15H,6-7,10-11,13H2,1H3. The first-order valence-electron chi connectivity index (χ1n) is 8.23. The van der Waals surface area contributed by atoms with Crippen molar-refractivity contribution >= 4 is 5.65 Å². The van der Waals surface area contributed by atoms with Crippen LogP contribution in [0.5, 0.6) is 0 Å². The van der Waals surface area contributed by atoms with Crippen molar-refractivity contribution in [1.82, 2.24) is 24.5 Å². The van der Waals surface area contributed by atoms with Crippen LogP contribution in [0.2, 0.25) is 0 Å². The van der Waals surface area contributed by atoms with Gasteiger partial charge in [0, 0.05) is 36.6 Å². The quantitative estimate of drug-likeness (QED) is 0.746. The second kappa shape index (κ2) is 6.08. The highest BCUT2D eigenvalue weighted by Gasteiger charge is 2.23. The second-order valence-corrected chi connectivity index (χ2v) is 6.30. The van der Waals surface area contributed by atoms with Gasteiger partial charge in [0.2, 0.25) is 0 Å². The van der Waals surface area contributed by atoms with Gasteiger partial charge in [0.25, 0.3) is 0 Å². The van der Waals surface area contributed by atoms with E-state index in [1.807, 2.05) is 36.0 Å². The average molecular weight is 307 g/mol. The monoisotopic (exact) mass is 307 g/mol. The predicted molar refractivity (Wildman–Crippen MR) is 89.2 cm³/mol. The summed E-state index contributed by atoms with van der Waals surface area (Å²) in [6, 6.07) is 10.3. The Morgan fingerprint density at radius 3 is 2.74 bits per heavy atom. The van der Waals surface area contributed by atoms with Crippen LogP contribution >= 0.6 is 0 Å². The van der Waals surface area contributed by atoms with E-state index in [2.05, 4.69) is 38.2 Å². The zero-order valence-electron chi connectivity index (χ0n) is 13.4. The number of rotatable bonds is 3. The van der Waals surface area contributed by atoms with E-state index >= 15 is 0 Å². The molecule has 0 N–H and O–H groups in total. The number of hydrogen-bond donors (Lipinski definition) is 0. The van der Waals surface area contributed by atoms with Gasteiger partial charge in [0.15, 0.2) is 5.65 Å². The largest absolute Gasteiger partial charge is 0.297 e. The molecular weight excluding hydrogens is 286 g/mol. The number of aromatic nitrogens is 4. The summed E-state index contributed by atoms with van der Waals surface area (Å²) in [7, 11) is 0. The Bertz CT molecular complexity index is 788. The Hall–Kier alpha value is -2.27. The zero-order valence-corrected chi connectivity index (χ0v) is 13.4. The molecule has 1 aliphatic rings. The van der Waals surface area contributed by atoms with Crippen LogP contribution in [0.3, 0.4) is 0 Å². The van der Waals surface area contributed by atoms with Gasteiger partial charge in [-0.1, -0.05) is 6.07 Å². The molecule has 0 aliphatic carbocycles. The van der Waals surface area contributed by atoms with E-state index in [-0.39, 0.29) is 0 Å². The number of piperidine rings is 1. The van der Waals surface area contributed by atoms with Crippen LogP contribution in [-0.4, -0.2) is 37.6 Å². The van der Waals surface area contributed by atoms with Crippen molar-refractivity contribution in [3.63, 3.8) is 0 Å². The predicted octanol–water partition coefficient (Wildman–Crippen LogP) is 2.81. The molecule has 1 aliphatic heterocycles. The van der Waals surface area contributed by atoms with E-state index in [9.17, 15) is 0 Å². The minimum absolute atomic E-state index is 0.555. The lowest BCUT2D eigenvalue weighted by Crippen LogP contribution is -2.33. The zero-order chi connectivity index (χ0) is 15.6. The highest BCUT2D eigenvalue weighted by atomic mass is 15.3. The number of fused-ring (bicyclic) bond motifs is 1. The summed E-state index contributed by atoms with van der Waals surface area (Å²) in [5.41, 5.74) is 4.42. The van der Waals surface area contributed by atoms with Crippen LogP contribution in [0.25, 0.3) is 5.65 Å². The number of hydrogen-bond acceptors (Lipinski definition) is 4. The smallest absolute Gasteiger partial charge is 0.155 e. The molecule has 1 fully saturated rings. The van der Waals surface area contributed by atoms with Gasteiger partial charge in [-0.2, -0.15) is 5.10 Å². The van der Waals surface area contributed by atoms with Crippen LogP contribution in [0, 0.1) is 6.92 Å². The van der Waals surface area contributed by atoms with Crippen LogP contribution in [0.1, 0.15) is 35.8 Å². The van der Waals surface area contributed by atoms with E-state index in [0.29, 0.717) is 5.92 Å². The van der Waals surface area contributed by atoms with Crippen molar-refractivity contribution in [3.8, 4) is 0 Å². The molecule has 0 aromatic carbocycles. The number of nitrogens with zero attached hydrogens (tertiary/aromatic N) is 5. The molecule has 0 spiro atoms. The fraction of sp³-hybridized carbons (Fsp3) is 0.389. The van der Waals surface area contributed by atoms with E-state index in [1.54, 1.807) is 0 Å². The first-order chi connectivity index (χ1) is 11.3. The minimum atomic E-state index is 0.555. The van der Waals surface area contributed by atoms with Crippen molar-refractivity contribution in [2.75, 3.05) is 13.1 Å². The fourth-order valence-electron chi connectivity index (χ4n) is 3.44. The molecule has 5 nitrogen and oxygen atoms in total. The van der Waals surface area contributed by atoms with E-state index in [0.717, 1.165) is 49.5 Å². The van der Waals surface area contributed by atoms with Gasteiger partial charge in [0.05, 0.1) is 11.4 Å². The van der Waals surface area contributed by atoms with Gasteiger partial charge < -0.3 is 0 Å². The lowest BCUT2D eigenvalue weighted by atomic mass is 9.93. The summed E-state index contributed by atoms with van der Waals surface area (Å²) in [4.78, 5) is 11.3. The van der Waals surface area contributed by atoms with Crippen LogP contribution in [0.4, 0.5) is 0 Å². The summed E-state index contributed by atoms with van der Waals surface area (Å²) in [5.74, 6) is 0.555. The normalized spacial score (nSPS) is 16.9. The topological polar surface area (TPSA) is 46.3 Å². The Labute approximate surface area is 136 Å². The van der Waals surface area contributed by atoms with Crippen molar-refractivity contribution in [2.45, 2.75) is 32.2 Å². The van der Waals surface area contributed by atoms with Gasteiger partial charge >= 0.3 is 0 Å². The molecule has 0 amide bonds. The lowest BCUT2D eigenvalue weighted by molar-refractivity contribution is 0.200. The first-order valence-corrected chi connectivity index (χ1v) is 8.23. The first kappa shape index (κ1) is 14.3. The van der Waals surface area contributed by atoms with Gasteiger partial charge in [0.1, 0.15) is 0 Å². The maximum absolute atomic E-state index is 4.61. The SMILES string of the molecule is Cc1cc2nccc(C3CCN(Cc4ccccn4)CC3)n2n1. The molecule has 0 saturated carbocycles.